The minimum Gasteiger partial charge on any atom is -0.341 e. The molecule has 2 atom stereocenters. The highest BCUT2D eigenvalue weighted by Crippen LogP contribution is 2.31. The number of para-hydroxylation sites is 1. The zero-order valence-corrected chi connectivity index (χ0v) is 14.2. The molecular formula is C19H23N3O2. The maximum absolute atomic E-state index is 12.7. The fraction of sp³-hybridized carbons (Fsp3) is 0.474. The van der Waals surface area contributed by atoms with E-state index >= 15 is 0 Å². The van der Waals surface area contributed by atoms with Gasteiger partial charge in [0.1, 0.15) is 0 Å². The summed E-state index contributed by atoms with van der Waals surface area (Å²) in [5.74, 6) is 0.742. The zero-order chi connectivity index (χ0) is 16.8. The van der Waals surface area contributed by atoms with Crippen LogP contribution in [0, 0.1) is 5.92 Å². The van der Waals surface area contributed by atoms with Crippen LogP contribution in [0.5, 0.6) is 0 Å². The normalized spacial score (nSPS) is 24.6. The SMILES string of the molecule is CN1C(=O)C[C@H]2CCN(Cc3cc4ccccc4n(C)c3=O)C[C@H]21. The summed E-state index contributed by atoms with van der Waals surface area (Å²) in [7, 11) is 3.75. The van der Waals surface area contributed by atoms with Gasteiger partial charge in [-0.15, -0.1) is 0 Å². The minimum absolute atomic E-state index is 0.0756. The number of carbonyl (C=O) groups is 1. The summed E-state index contributed by atoms with van der Waals surface area (Å²) in [4.78, 5) is 28.8. The predicted octanol–water partition coefficient (Wildman–Crippen LogP) is 1.59. The Bertz CT molecular complexity index is 857. The molecule has 2 aromatic rings. The average Bonchev–Trinajstić information content (AvgIpc) is 2.87. The number of piperidine rings is 1. The highest BCUT2D eigenvalue weighted by Gasteiger charge is 2.40. The molecule has 5 heteroatoms. The quantitative estimate of drug-likeness (QED) is 0.842. The zero-order valence-electron chi connectivity index (χ0n) is 14.2. The third kappa shape index (κ3) is 2.44. The first-order valence-corrected chi connectivity index (χ1v) is 8.60. The van der Waals surface area contributed by atoms with E-state index in [9.17, 15) is 9.59 Å². The second-order valence-corrected chi connectivity index (χ2v) is 7.15. The minimum atomic E-state index is 0.0756. The lowest BCUT2D eigenvalue weighted by molar-refractivity contribution is -0.127. The summed E-state index contributed by atoms with van der Waals surface area (Å²) in [6.45, 7) is 2.48. The van der Waals surface area contributed by atoms with Crippen molar-refractivity contribution in [1.82, 2.24) is 14.4 Å². The maximum Gasteiger partial charge on any atom is 0.255 e. The van der Waals surface area contributed by atoms with Crippen LogP contribution in [0.25, 0.3) is 10.9 Å². The topological polar surface area (TPSA) is 45.6 Å². The highest BCUT2D eigenvalue weighted by molar-refractivity contribution is 5.80. The Labute approximate surface area is 141 Å². The van der Waals surface area contributed by atoms with Gasteiger partial charge in [0.15, 0.2) is 0 Å². The van der Waals surface area contributed by atoms with Crippen molar-refractivity contribution in [3.63, 3.8) is 0 Å². The first-order chi connectivity index (χ1) is 11.5. The third-order valence-corrected chi connectivity index (χ3v) is 5.73. The van der Waals surface area contributed by atoms with Crippen molar-refractivity contribution in [3.8, 4) is 0 Å². The van der Waals surface area contributed by atoms with Gasteiger partial charge in [-0.25, -0.2) is 0 Å². The van der Waals surface area contributed by atoms with Gasteiger partial charge in [0.25, 0.3) is 5.56 Å². The van der Waals surface area contributed by atoms with Gasteiger partial charge in [0.2, 0.25) is 5.91 Å². The number of benzene rings is 1. The van der Waals surface area contributed by atoms with Crippen LogP contribution in [-0.4, -0.2) is 46.5 Å². The van der Waals surface area contributed by atoms with Crippen molar-refractivity contribution >= 4 is 16.8 Å². The van der Waals surface area contributed by atoms with Gasteiger partial charge in [-0.3, -0.25) is 14.5 Å². The summed E-state index contributed by atoms with van der Waals surface area (Å²) < 4.78 is 1.74. The van der Waals surface area contributed by atoms with E-state index in [2.05, 4.69) is 4.90 Å². The number of hydrogen-bond donors (Lipinski definition) is 0. The van der Waals surface area contributed by atoms with Crippen molar-refractivity contribution in [2.75, 3.05) is 20.1 Å². The lowest BCUT2D eigenvalue weighted by atomic mass is 9.92. The number of amides is 1. The van der Waals surface area contributed by atoms with Gasteiger partial charge in [0.05, 0.1) is 5.52 Å². The van der Waals surface area contributed by atoms with Crippen molar-refractivity contribution in [2.45, 2.75) is 25.4 Å². The third-order valence-electron chi connectivity index (χ3n) is 5.73. The van der Waals surface area contributed by atoms with Crippen LogP contribution >= 0.6 is 0 Å². The first-order valence-electron chi connectivity index (χ1n) is 8.60. The van der Waals surface area contributed by atoms with Crippen LogP contribution < -0.4 is 5.56 Å². The van der Waals surface area contributed by atoms with E-state index in [1.54, 1.807) is 4.57 Å². The second kappa shape index (κ2) is 5.74. The number of fused-ring (bicyclic) bond motifs is 2. The van der Waals surface area contributed by atoms with E-state index in [0.29, 0.717) is 24.9 Å². The Morgan fingerprint density at radius 2 is 1.96 bits per heavy atom. The number of likely N-dealkylation sites (N-methyl/N-ethyl adjacent to an activating group) is 1. The summed E-state index contributed by atoms with van der Waals surface area (Å²) in [5.41, 5.74) is 1.87. The van der Waals surface area contributed by atoms with E-state index in [-0.39, 0.29) is 11.5 Å². The molecule has 0 N–H and O–H groups in total. The lowest BCUT2D eigenvalue weighted by Crippen LogP contribution is -2.47. The number of rotatable bonds is 2. The standard InChI is InChI=1S/C19H23N3O2/c1-20-17-12-22(8-7-14(17)10-18(20)23)11-15-9-13-5-3-4-6-16(13)21(2)19(15)24/h3-6,9,14,17H,7-8,10-12H2,1-2H3/t14-,17-/m1/s1. The number of aromatic nitrogens is 1. The Hall–Kier alpha value is -2.14. The number of carbonyl (C=O) groups excluding carboxylic acids is 1. The largest absolute Gasteiger partial charge is 0.341 e. The van der Waals surface area contributed by atoms with E-state index in [0.717, 1.165) is 36.0 Å². The molecule has 2 saturated heterocycles. The Morgan fingerprint density at radius 1 is 1.17 bits per heavy atom. The monoisotopic (exact) mass is 325 g/mol. The molecule has 0 unspecified atom stereocenters. The maximum atomic E-state index is 12.7. The van der Waals surface area contributed by atoms with Gasteiger partial charge in [-0.2, -0.15) is 0 Å². The van der Waals surface area contributed by atoms with Crippen LogP contribution in [-0.2, 0) is 18.4 Å². The lowest BCUT2D eigenvalue weighted by Gasteiger charge is -2.37. The summed E-state index contributed by atoms with van der Waals surface area (Å²) in [6.07, 6.45) is 1.72. The van der Waals surface area contributed by atoms with Gasteiger partial charge < -0.3 is 9.47 Å². The Balaban J connectivity index is 1.60. The number of nitrogens with zero attached hydrogens (tertiary/aromatic N) is 3. The molecule has 4 rings (SSSR count). The second-order valence-electron chi connectivity index (χ2n) is 7.15. The van der Waals surface area contributed by atoms with E-state index in [4.69, 9.17) is 0 Å². The van der Waals surface area contributed by atoms with Gasteiger partial charge >= 0.3 is 0 Å². The molecule has 0 radical (unpaired) electrons. The molecule has 24 heavy (non-hydrogen) atoms. The van der Waals surface area contributed by atoms with Crippen LogP contribution in [0.4, 0.5) is 0 Å². The molecule has 5 nitrogen and oxygen atoms in total. The fourth-order valence-electron chi connectivity index (χ4n) is 4.26. The van der Waals surface area contributed by atoms with Crippen molar-refractivity contribution in [3.05, 3.63) is 46.2 Å². The number of pyridine rings is 1. The molecule has 0 saturated carbocycles. The van der Waals surface area contributed by atoms with Crippen LogP contribution in [0.1, 0.15) is 18.4 Å². The van der Waals surface area contributed by atoms with E-state index in [1.165, 1.54) is 0 Å². The van der Waals surface area contributed by atoms with Gasteiger partial charge in [-0.05, 0) is 36.4 Å². The van der Waals surface area contributed by atoms with E-state index < -0.39 is 0 Å². The molecule has 1 aromatic carbocycles. The summed E-state index contributed by atoms with van der Waals surface area (Å²) in [6, 6.07) is 10.3. The van der Waals surface area contributed by atoms with Crippen molar-refractivity contribution in [2.24, 2.45) is 13.0 Å². The van der Waals surface area contributed by atoms with Crippen LogP contribution in [0.3, 0.4) is 0 Å². The molecule has 0 aliphatic carbocycles. The molecule has 3 heterocycles. The van der Waals surface area contributed by atoms with Gasteiger partial charge in [0, 0.05) is 45.2 Å². The molecule has 0 spiro atoms. The molecule has 1 aromatic heterocycles. The van der Waals surface area contributed by atoms with Crippen LogP contribution in [0.2, 0.25) is 0 Å². The first kappa shape index (κ1) is 15.4. The molecular weight excluding hydrogens is 302 g/mol. The smallest absolute Gasteiger partial charge is 0.255 e. The Kier molecular flexibility index (Phi) is 3.68. The Morgan fingerprint density at radius 3 is 2.79 bits per heavy atom. The fourth-order valence-corrected chi connectivity index (χ4v) is 4.26. The average molecular weight is 325 g/mol. The van der Waals surface area contributed by atoms with Gasteiger partial charge in [-0.1, -0.05) is 18.2 Å². The number of likely N-dealkylation sites (tertiary alicyclic amines) is 2. The molecule has 2 aliphatic rings. The summed E-state index contributed by atoms with van der Waals surface area (Å²) >= 11 is 0. The predicted molar refractivity (Wildman–Crippen MR) is 93.7 cm³/mol. The number of aryl methyl sites for hydroxylation is 1. The summed E-state index contributed by atoms with van der Waals surface area (Å²) in [5, 5.41) is 1.10. The molecule has 1 amide bonds. The highest BCUT2D eigenvalue weighted by atomic mass is 16.2. The van der Waals surface area contributed by atoms with Crippen LogP contribution in [0.15, 0.2) is 35.1 Å². The molecule has 0 bridgehead atoms. The molecule has 2 aliphatic heterocycles. The van der Waals surface area contributed by atoms with Crippen molar-refractivity contribution in [1.29, 1.82) is 0 Å². The van der Waals surface area contributed by atoms with Crippen molar-refractivity contribution < 1.29 is 4.79 Å². The molecule has 126 valence electrons. The van der Waals surface area contributed by atoms with E-state index in [1.807, 2.05) is 49.3 Å². The number of hydrogen-bond acceptors (Lipinski definition) is 3. The molecule has 2 fully saturated rings.